The molecule has 0 aliphatic heterocycles. The molecule has 2 N–H and O–H groups in total. The van der Waals surface area contributed by atoms with Crippen molar-refractivity contribution in [3.8, 4) is 0 Å². The Balaban J connectivity index is 0.00000361. The highest BCUT2D eigenvalue weighted by atomic mass is 79.9. The Hall–Kier alpha value is -0.670. The van der Waals surface area contributed by atoms with E-state index in [-0.39, 0.29) is 29.4 Å². The minimum Gasteiger partial charge on any atom is -0.465 e. The minimum atomic E-state index is -3.60. The largest absolute Gasteiger partial charge is 0.465 e. The Morgan fingerprint density at radius 3 is 2.50 bits per heavy atom. The quantitative estimate of drug-likeness (QED) is 0.565. The summed E-state index contributed by atoms with van der Waals surface area (Å²) in [5.74, 6) is -0.521. The van der Waals surface area contributed by atoms with Gasteiger partial charge in [0.25, 0.3) is 0 Å². The maximum Gasteiger partial charge on any atom is 0.337 e. The zero-order valence-corrected chi connectivity index (χ0v) is 14.2. The lowest BCUT2D eigenvalue weighted by molar-refractivity contribution is 0.0600. The molecular weight excluding hydrogens is 372 g/mol. The Labute approximate surface area is 132 Å². The normalized spacial score (nSPS) is 10.8. The summed E-state index contributed by atoms with van der Waals surface area (Å²) in [7, 11) is -0.606. The number of hydrogen-bond donors (Lipinski definition) is 2. The van der Waals surface area contributed by atoms with Crippen molar-refractivity contribution in [3.05, 3.63) is 28.2 Å². The van der Waals surface area contributed by atoms with Crippen LogP contribution in [0.4, 0.5) is 0 Å². The maximum absolute atomic E-state index is 12.0. The number of halogens is 2. The van der Waals surface area contributed by atoms with Gasteiger partial charge in [0, 0.05) is 17.6 Å². The topological polar surface area (TPSA) is 84.5 Å². The van der Waals surface area contributed by atoms with E-state index < -0.39 is 16.0 Å². The Morgan fingerprint density at radius 2 is 2.00 bits per heavy atom. The lowest BCUT2D eigenvalue weighted by Crippen LogP contribution is -2.30. The molecule has 6 nitrogen and oxygen atoms in total. The van der Waals surface area contributed by atoms with Crippen LogP contribution in [0.5, 0.6) is 0 Å². The van der Waals surface area contributed by atoms with E-state index in [9.17, 15) is 13.2 Å². The van der Waals surface area contributed by atoms with Crippen molar-refractivity contribution >= 4 is 44.3 Å². The number of carbonyl (C=O) groups excluding carboxylic acids is 1. The second kappa shape index (κ2) is 8.58. The third-order valence-electron chi connectivity index (χ3n) is 2.31. The molecule has 0 radical (unpaired) electrons. The second-order valence-corrected chi connectivity index (χ2v) is 6.23. The average Bonchev–Trinajstić information content (AvgIpc) is 2.37. The monoisotopic (exact) mass is 386 g/mol. The summed E-state index contributed by atoms with van der Waals surface area (Å²) in [6.07, 6.45) is 0. The number of methoxy groups -OCH3 is 1. The van der Waals surface area contributed by atoms with Gasteiger partial charge in [0.05, 0.1) is 17.6 Å². The molecule has 1 aromatic carbocycles. The van der Waals surface area contributed by atoms with E-state index in [0.29, 0.717) is 11.0 Å². The van der Waals surface area contributed by atoms with E-state index in [1.54, 1.807) is 7.05 Å². The van der Waals surface area contributed by atoms with E-state index in [4.69, 9.17) is 0 Å². The van der Waals surface area contributed by atoms with Gasteiger partial charge in [-0.1, -0.05) is 0 Å². The van der Waals surface area contributed by atoms with Gasteiger partial charge >= 0.3 is 5.97 Å². The Kier molecular flexibility index (Phi) is 8.29. The standard InChI is InChI=1S/C11H15BrN2O4S.ClH/c1-13-5-6-14-19(16,17)10-4-3-8(7-9(10)12)11(15)18-2;/h3-4,7,13-14H,5-6H2,1-2H3;1H. The molecule has 0 heterocycles. The van der Waals surface area contributed by atoms with Crippen molar-refractivity contribution in [2.45, 2.75) is 4.90 Å². The molecule has 0 spiro atoms. The lowest BCUT2D eigenvalue weighted by atomic mass is 10.2. The van der Waals surface area contributed by atoms with Crippen molar-refractivity contribution in [1.82, 2.24) is 10.0 Å². The Morgan fingerprint density at radius 1 is 1.35 bits per heavy atom. The van der Waals surface area contributed by atoms with Crippen LogP contribution in [0.15, 0.2) is 27.6 Å². The first kappa shape index (κ1) is 19.3. The van der Waals surface area contributed by atoms with Gasteiger partial charge < -0.3 is 10.1 Å². The fourth-order valence-corrected chi connectivity index (χ4v) is 3.46. The van der Waals surface area contributed by atoms with Gasteiger partial charge in [-0.2, -0.15) is 0 Å². The second-order valence-electron chi connectivity index (χ2n) is 3.64. The van der Waals surface area contributed by atoms with Gasteiger partial charge in [-0.05, 0) is 41.2 Å². The van der Waals surface area contributed by atoms with E-state index in [1.165, 1.54) is 25.3 Å². The number of ether oxygens (including phenoxy) is 1. The van der Waals surface area contributed by atoms with Crippen LogP contribution < -0.4 is 10.0 Å². The summed E-state index contributed by atoms with van der Waals surface area (Å²) in [6.45, 7) is 0.807. The molecule has 0 aromatic heterocycles. The van der Waals surface area contributed by atoms with Crippen LogP contribution in [0.25, 0.3) is 0 Å². The van der Waals surface area contributed by atoms with Crippen molar-refractivity contribution in [1.29, 1.82) is 0 Å². The number of esters is 1. The first-order valence-electron chi connectivity index (χ1n) is 5.44. The van der Waals surface area contributed by atoms with E-state index in [2.05, 4.69) is 30.7 Å². The summed E-state index contributed by atoms with van der Waals surface area (Å²) in [4.78, 5) is 11.4. The van der Waals surface area contributed by atoms with Crippen molar-refractivity contribution in [2.75, 3.05) is 27.2 Å². The summed E-state index contributed by atoms with van der Waals surface area (Å²) in [5.41, 5.74) is 0.281. The summed E-state index contributed by atoms with van der Waals surface area (Å²) in [5, 5.41) is 2.84. The summed E-state index contributed by atoms with van der Waals surface area (Å²) >= 11 is 3.15. The molecule has 0 bridgehead atoms. The molecule has 114 valence electrons. The van der Waals surface area contributed by atoms with E-state index in [0.717, 1.165) is 0 Å². The fraction of sp³-hybridized carbons (Fsp3) is 0.364. The predicted molar refractivity (Wildman–Crippen MR) is 81.8 cm³/mol. The first-order valence-corrected chi connectivity index (χ1v) is 7.72. The van der Waals surface area contributed by atoms with Gasteiger partial charge in [-0.3, -0.25) is 0 Å². The van der Waals surface area contributed by atoms with Crippen LogP contribution in [0.3, 0.4) is 0 Å². The van der Waals surface area contributed by atoms with Gasteiger partial charge in [-0.25, -0.2) is 17.9 Å². The molecule has 0 unspecified atom stereocenters. The molecule has 1 aromatic rings. The van der Waals surface area contributed by atoms with Crippen LogP contribution in [-0.2, 0) is 14.8 Å². The molecule has 0 amide bonds. The van der Waals surface area contributed by atoms with Gasteiger partial charge in [-0.15, -0.1) is 12.4 Å². The molecular formula is C11H16BrClN2O4S. The number of benzene rings is 1. The van der Waals surface area contributed by atoms with Crippen molar-refractivity contribution in [2.24, 2.45) is 0 Å². The van der Waals surface area contributed by atoms with Gasteiger partial charge in [0.1, 0.15) is 0 Å². The molecule has 0 atom stereocenters. The molecule has 0 saturated heterocycles. The molecule has 20 heavy (non-hydrogen) atoms. The highest BCUT2D eigenvalue weighted by Gasteiger charge is 2.18. The lowest BCUT2D eigenvalue weighted by Gasteiger charge is -2.09. The van der Waals surface area contributed by atoms with Crippen LogP contribution in [-0.4, -0.2) is 41.6 Å². The van der Waals surface area contributed by atoms with E-state index >= 15 is 0 Å². The number of carbonyl (C=O) groups is 1. The van der Waals surface area contributed by atoms with Crippen molar-refractivity contribution in [3.63, 3.8) is 0 Å². The number of rotatable bonds is 6. The zero-order chi connectivity index (χ0) is 14.5. The van der Waals surface area contributed by atoms with Crippen LogP contribution in [0, 0.1) is 0 Å². The van der Waals surface area contributed by atoms with Crippen molar-refractivity contribution < 1.29 is 17.9 Å². The number of nitrogens with one attached hydrogen (secondary N) is 2. The highest BCUT2D eigenvalue weighted by molar-refractivity contribution is 9.10. The van der Waals surface area contributed by atoms with Crippen LogP contribution >= 0.6 is 28.3 Å². The fourth-order valence-electron chi connectivity index (χ4n) is 1.35. The minimum absolute atomic E-state index is 0. The van der Waals surface area contributed by atoms with Crippen LogP contribution in [0.1, 0.15) is 10.4 Å². The zero-order valence-electron chi connectivity index (χ0n) is 11.0. The van der Waals surface area contributed by atoms with Crippen LogP contribution in [0.2, 0.25) is 0 Å². The number of likely N-dealkylation sites (N-methyl/N-ethyl adjacent to an activating group) is 1. The Bertz CT molecular complexity index is 566. The highest BCUT2D eigenvalue weighted by Crippen LogP contribution is 2.23. The molecule has 1 rings (SSSR count). The maximum atomic E-state index is 12.0. The SMILES string of the molecule is CNCCNS(=O)(=O)c1ccc(C(=O)OC)cc1Br.Cl. The summed E-state index contributed by atoms with van der Waals surface area (Å²) < 4.78 is 31.3. The molecule has 9 heteroatoms. The molecule has 0 fully saturated rings. The molecule has 0 saturated carbocycles. The number of hydrogen-bond acceptors (Lipinski definition) is 5. The van der Waals surface area contributed by atoms with E-state index in [1.807, 2.05) is 0 Å². The predicted octanol–water partition coefficient (Wildman–Crippen LogP) is 1.16. The smallest absolute Gasteiger partial charge is 0.337 e. The first-order chi connectivity index (χ1) is 8.92. The van der Waals surface area contributed by atoms with Gasteiger partial charge in [0.2, 0.25) is 10.0 Å². The van der Waals surface area contributed by atoms with Gasteiger partial charge in [0.15, 0.2) is 0 Å². The number of sulfonamides is 1. The third kappa shape index (κ3) is 5.02. The third-order valence-corrected chi connectivity index (χ3v) is 4.75. The molecule has 0 aliphatic carbocycles. The summed E-state index contributed by atoms with van der Waals surface area (Å²) in [6, 6.07) is 4.18. The molecule has 0 aliphatic rings. The average molecular weight is 388 g/mol.